The van der Waals surface area contributed by atoms with Crippen LogP contribution in [0.3, 0.4) is 0 Å². The Morgan fingerprint density at radius 2 is 2.15 bits per heavy atom. The minimum atomic E-state index is -0.386. The third-order valence-corrected chi connectivity index (χ3v) is 3.32. The number of nitrogens with one attached hydrogen (secondary N) is 1. The van der Waals surface area contributed by atoms with Gasteiger partial charge >= 0.3 is 5.97 Å². The first-order chi connectivity index (χ1) is 9.60. The fraction of sp³-hybridized carbons (Fsp3) is 0.562. The van der Waals surface area contributed by atoms with Crippen LogP contribution in [-0.2, 0) is 9.53 Å². The zero-order chi connectivity index (χ0) is 14.5. The third kappa shape index (κ3) is 4.23. The molecule has 1 fully saturated rings. The second kappa shape index (κ2) is 6.75. The first kappa shape index (κ1) is 14.9. The minimum absolute atomic E-state index is 0.232. The van der Waals surface area contributed by atoms with Gasteiger partial charge in [-0.2, -0.15) is 0 Å². The molecule has 0 bridgehead atoms. The first-order valence-electron chi connectivity index (χ1n) is 7.23. The van der Waals surface area contributed by atoms with Crippen molar-refractivity contribution in [3.63, 3.8) is 0 Å². The summed E-state index contributed by atoms with van der Waals surface area (Å²) >= 11 is 0. The van der Waals surface area contributed by atoms with Gasteiger partial charge in [-0.25, -0.2) is 0 Å². The van der Waals surface area contributed by atoms with Crippen molar-refractivity contribution in [2.45, 2.75) is 45.7 Å². The van der Waals surface area contributed by atoms with E-state index in [2.05, 4.69) is 11.4 Å². The van der Waals surface area contributed by atoms with Gasteiger partial charge < -0.3 is 9.47 Å². The molecule has 0 amide bonds. The minimum Gasteiger partial charge on any atom is -0.491 e. The van der Waals surface area contributed by atoms with Gasteiger partial charge in [-0.1, -0.05) is 17.7 Å². The van der Waals surface area contributed by atoms with Crippen LogP contribution >= 0.6 is 0 Å². The molecule has 1 atom stereocenters. The van der Waals surface area contributed by atoms with Gasteiger partial charge in [-0.15, -0.1) is 0 Å². The summed E-state index contributed by atoms with van der Waals surface area (Å²) in [5.74, 6) is 0.590. The van der Waals surface area contributed by atoms with Crippen LogP contribution in [0.2, 0.25) is 0 Å². The number of hydrogen-bond donors (Lipinski definition) is 1. The Labute approximate surface area is 120 Å². The molecule has 0 radical (unpaired) electrons. The summed E-state index contributed by atoms with van der Waals surface area (Å²) in [5, 5.41) is 3.28. The SMILES string of the molecule is CCOC(=O)C(COc1ccc(C)cc1C)NC1CC1. The largest absolute Gasteiger partial charge is 0.491 e. The van der Waals surface area contributed by atoms with Crippen LogP contribution in [0.15, 0.2) is 18.2 Å². The van der Waals surface area contributed by atoms with E-state index < -0.39 is 0 Å². The second-order valence-electron chi connectivity index (χ2n) is 5.33. The number of ether oxygens (including phenoxy) is 2. The van der Waals surface area contributed by atoms with Crippen LogP contribution in [0.1, 0.15) is 30.9 Å². The van der Waals surface area contributed by atoms with Crippen molar-refractivity contribution in [3.8, 4) is 5.75 Å². The Hall–Kier alpha value is -1.55. The lowest BCUT2D eigenvalue weighted by atomic mass is 10.1. The molecule has 1 saturated carbocycles. The molecule has 1 aliphatic rings. The van der Waals surface area contributed by atoms with Crippen molar-refractivity contribution in [2.24, 2.45) is 0 Å². The summed E-state index contributed by atoms with van der Waals surface area (Å²) in [6.07, 6.45) is 2.25. The number of aryl methyl sites for hydroxylation is 2. The van der Waals surface area contributed by atoms with Gasteiger partial charge in [0.05, 0.1) is 6.61 Å². The molecule has 1 aromatic carbocycles. The fourth-order valence-corrected chi connectivity index (χ4v) is 2.10. The Morgan fingerprint density at radius 1 is 1.40 bits per heavy atom. The van der Waals surface area contributed by atoms with E-state index in [1.807, 2.05) is 32.9 Å². The molecule has 4 heteroatoms. The van der Waals surface area contributed by atoms with Gasteiger partial charge in [0, 0.05) is 6.04 Å². The first-order valence-corrected chi connectivity index (χ1v) is 7.23. The zero-order valence-corrected chi connectivity index (χ0v) is 12.4. The highest BCUT2D eigenvalue weighted by Crippen LogP contribution is 2.21. The molecule has 1 aliphatic carbocycles. The van der Waals surface area contributed by atoms with E-state index in [4.69, 9.17) is 9.47 Å². The molecule has 0 aliphatic heterocycles. The lowest BCUT2D eigenvalue weighted by Crippen LogP contribution is -2.43. The maximum atomic E-state index is 11.9. The van der Waals surface area contributed by atoms with Gasteiger partial charge in [-0.3, -0.25) is 10.1 Å². The predicted octanol–water partition coefficient (Wildman–Crippen LogP) is 2.37. The second-order valence-corrected chi connectivity index (χ2v) is 5.33. The summed E-state index contributed by atoms with van der Waals surface area (Å²) in [4.78, 5) is 11.9. The van der Waals surface area contributed by atoms with Gasteiger partial charge in [0.15, 0.2) is 0 Å². The average molecular weight is 277 g/mol. The van der Waals surface area contributed by atoms with Crippen LogP contribution in [0.4, 0.5) is 0 Å². The van der Waals surface area contributed by atoms with Crippen LogP contribution in [-0.4, -0.2) is 31.3 Å². The van der Waals surface area contributed by atoms with Crippen LogP contribution in [0.25, 0.3) is 0 Å². The van der Waals surface area contributed by atoms with E-state index in [9.17, 15) is 4.79 Å². The van der Waals surface area contributed by atoms with E-state index in [0.717, 1.165) is 24.2 Å². The summed E-state index contributed by atoms with van der Waals surface area (Å²) < 4.78 is 10.9. The van der Waals surface area contributed by atoms with Crippen molar-refractivity contribution >= 4 is 5.97 Å². The number of hydrogen-bond acceptors (Lipinski definition) is 4. The molecular formula is C16H23NO3. The Morgan fingerprint density at radius 3 is 2.75 bits per heavy atom. The highest BCUT2D eigenvalue weighted by molar-refractivity contribution is 5.76. The van der Waals surface area contributed by atoms with Crippen LogP contribution < -0.4 is 10.1 Å². The van der Waals surface area contributed by atoms with Crippen molar-refractivity contribution in [1.29, 1.82) is 0 Å². The number of carbonyl (C=O) groups excluding carboxylic acids is 1. The molecular weight excluding hydrogens is 254 g/mol. The van der Waals surface area contributed by atoms with Crippen molar-refractivity contribution in [1.82, 2.24) is 5.32 Å². The molecule has 0 heterocycles. The highest BCUT2D eigenvalue weighted by atomic mass is 16.5. The molecule has 20 heavy (non-hydrogen) atoms. The molecule has 0 spiro atoms. The van der Waals surface area contributed by atoms with Crippen molar-refractivity contribution in [2.75, 3.05) is 13.2 Å². The number of esters is 1. The summed E-state index contributed by atoms with van der Waals surface area (Å²) in [5.41, 5.74) is 2.28. The Bertz CT molecular complexity index is 469. The molecule has 1 aromatic rings. The summed E-state index contributed by atoms with van der Waals surface area (Å²) in [7, 11) is 0. The van der Waals surface area contributed by atoms with E-state index in [-0.39, 0.29) is 12.0 Å². The fourth-order valence-electron chi connectivity index (χ4n) is 2.10. The van der Waals surface area contributed by atoms with Crippen LogP contribution in [0, 0.1) is 13.8 Å². The molecule has 110 valence electrons. The topological polar surface area (TPSA) is 47.6 Å². The summed E-state index contributed by atoms with van der Waals surface area (Å²) in [6.45, 7) is 6.57. The molecule has 1 unspecified atom stereocenters. The Balaban J connectivity index is 1.94. The molecule has 2 rings (SSSR count). The highest BCUT2D eigenvalue weighted by Gasteiger charge is 2.29. The van der Waals surface area contributed by atoms with E-state index in [1.54, 1.807) is 0 Å². The van der Waals surface area contributed by atoms with Gasteiger partial charge in [0.1, 0.15) is 18.4 Å². The predicted molar refractivity (Wildman–Crippen MR) is 78.0 cm³/mol. The van der Waals surface area contributed by atoms with Crippen molar-refractivity contribution < 1.29 is 14.3 Å². The molecule has 0 aromatic heterocycles. The van der Waals surface area contributed by atoms with E-state index in [0.29, 0.717) is 19.3 Å². The standard InChI is InChI=1S/C16H23NO3/c1-4-19-16(18)14(17-13-6-7-13)10-20-15-8-5-11(2)9-12(15)3/h5,8-9,13-14,17H,4,6-7,10H2,1-3H3. The number of benzene rings is 1. The smallest absolute Gasteiger partial charge is 0.326 e. The average Bonchev–Trinajstić information content (AvgIpc) is 3.20. The zero-order valence-electron chi connectivity index (χ0n) is 12.4. The quantitative estimate of drug-likeness (QED) is 0.777. The molecule has 4 nitrogen and oxygen atoms in total. The number of rotatable bonds is 7. The van der Waals surface area contributed by atoms with E-state index >= 15 is 0 Å². The third-order valence-electron chi connectivity index (χ3n) is 3.32. The van der Waals surface area contributed by atoms with Crippen LogP contribution in [0.5, 0.6) is 5.75 Å². The maximum Gasteiger partial charge on any atom is 0.326 e. The Kier molecular flexibility index (Phi) is 5.01. The molecule has 0 saturated heterocycles. The van der Waals surface area contributed by atoms with Crippen molar-refractivity contribution in [3.05, 3.63) is 29.3 Å². The lowest BCUT2D eigenvalue weighted by molar-refractivity contribution is -0.146. The van der Waals surface area contributed by atoms with Gasteiger partial charge in [0.25, 0.3) is 0 Å². The summed E-state index contributed by atoms with van der Waals surface area (Å²) in [6, 6.07) is 6.08. The molecule has 1 N–H and O–H groups in total. The van der Waals surface area contributed by atoms with Gasteiger partial charge in [0.2, 0.25) is 0 Å². The lowest BCUT2D eigenvalue weighted by Gasteiger charge is -2.18. The number of carbonyl (C=O) groups is 1. The maximum absolute atomic E-state index is 11.9. The van der Waals surface area contributed by atoms with E-state index in [1.165, 1.54) is 5.56 Å². The monoisotopic (exact) mass is 277 g/mol. The van der Waals surface area contributed by atoms with Gasteiger partial charge in [-0.05, 0) is 45.2 Å². The normalized spacial score (nSPS) is 15.8.